The van der Waals surface area contributed by atoms with Gasteiger partial charge in [0.25, 0.3) is 5.56 Å². The van der Waals surface area contributed by atoms with E-state index in [1.807, 2.05) is 24.3 Å². The summed E-state index contributed by atoms with van der Waals surface area (Å²) in [5, 5.41) is 2.95. The van der Waals surface area contributed by atoms with E-state index in [0.717, 1.165) is 11.3 Å². The van der Waals surface area contributed by atoms with Crippen molar-refractivity contribution in [2.24, 2.45) is 0 Å². The van der Waals surface area contributed by atoms with Gasteiger partial charge in [0, 0.05) is 17.5 Å². The second kappa shape index (κ2) is 4.92. The number of benzene rings is 1. The molecule has 1 aromatic carbocycles. The van der Waals surface area contributed by atoms with Crippen LogP contribution in [0.2, 0.25) is 0 Å². The lowest BCUT2D eigenvalue weighted by molar-refractivity contribution is 1.04. The molecule has 2 rings (SSSR count). The molecule has 3 N–H and O–H groups in total. The number of anilines is 2. The average molecular weight is 249 g/mol. The SMILES string of the molecule is O=c1cc(Nc2cccc(CS)c2)[nH]c(=O)[nH]1. The Balaban J connectivity index is 2.31. The summed E-state index contributed by atoms with van der Waals surface area (Å²) in [5.41, 5.74) is 0.857. The Labute approximate surface area is 102 Å². The first-order valence-electron chi connectivity index (χ1n) is 4.98. The topological polar surface area (TPSA) is 77.8 Å². The van der Waals surface area contributed by atoms with Crippen molar-refractivity contribution in [3.05, 3.63) is 56.7 Å². The molecule has 0 spiro atoms. The summed E-state index contributed by atoms with van der Waals surface area (Å²) in [7, 11) is 0. The van der Waals surface area contributed by atoms with Crippen LogP contribution in [0.4, 0.5) is 11.5 Å². The first-order valence-corrected chi connectivity index (χ1v) is 5.61. The fourth-order valence-electron chi connectivity index (χ4n) is 1.44. The smallest absolute Gasteiger partial charge is 0.327 e. The third kappa shape index (κ3) is 3.01. The average Bonchev–Trinajstić information content (AvgIpc) is 2.28. The fourth-order valence-corrected chi connectivity index (χ4v) is 1.64. The Kier molecular flexibility index (Phi) is 3.34. The van der Waals surface area contributed by atoms with Crippen molar-refractivity contribution >= 4 is 24.1 Å². The van der Waals surface area contributed by atoms with Crippen LogP contribution in [0.3, 0.4) is 0 Å². The molecule has 0 unspecified atom stereocenters. The Bertz CT molecular complexity index is 605. The highest BCUT2D eigenvalue weighted by Crippen LogP contribution is 2.15. The van der Waals surface area contributed by atoms with Crippen LogP contribution in [-0.4, -0.2) is 9.97 Å². The van der Waals surface area contributed by atoms with Crippen LogP contribution in [0, 0.1) is 0 Å². The van der Waals surface area contributed by atoms with Crippen LogP contribution in [0.1, 0.15) is 5.56 Å². The molecule has 17 heavy (non-hydrogen) atoms. The van der Waals surface area contributed by atoms with E-state index >= 15 is 0 Å². The highest BCUT2D eigenvalue weighted by Gasteiger charge is 1.98. The van der Waals surface area contributed by atoms with E-state index in [0.29, 0.717) is 11.6 Å². The van der Waals surface area contributed by atoms with E-state index in [-0.39, 0.29) is 0 Å². The molecule has 0 saturated heterocycles. The maximum atomic E-state index is 11.1. The maximum Gasteiger partial charge on any atom is 0.327 e. The first kappa shape index (κ1) is 11.5. The lowest BCUT2D eigenvalue weighted by atomic mass is 10.2. The molecule has 0 amide bonds. The number of nitrogens with one attached hydrogen (secondary N) is 3. The van der Waals surface area contributed by atoms with Crippen molar-refractivity contribution in [2.75, 3.05) is 5.32 Å². The number of hydrogen-bond acceptors (Lipinski definition) is 4. The minimum absolute atomic E-state index is 0.357. The van der Waals surface area contributed by atoms with Crippen molar-refractivity contribution < 1.29 is 0 Å². The van der Waals surface area contributed by atoms with Crippen LogP contribution in [0.25, 0.3) is 0 Å². The van der Waals surface area contributed by atoms with Crippen molar-refractivity contribution in [1.29, 1.82) is 0 Å². The van der Waals surface area contributed by atoms with Crippen molar-refractivity contribution in [2.45, 2.75) is 5.75 Å². The number of hydrogen-bond donors (Lipinski definition) is 4. The number of thiol groups is 1. The summed E-state index contributed by atoms with van der Waals surface area (Å²) in [6.07, 6.45) is 0. The van der Waals surface area contributed by atoms with Gasteiger partial charge in [0.1, 0.15) is 5.82 Å². The van der Waals surface area contributed by atoms with Crippen LogP contribution >= 0.6 is 12.6 Å². The number of rotatable bonds is 3. The molecule has 0 fully saturated rings. The van der Waals surface area contributed by atoms with E-state index in [4.69, 9.17) is 0 Å². The molecule has 88 valence electrons. The summed E-state index contributed by atoms with van der Waals surface area (Å²) < 4.78 is 0. The van der Waals surface area contributed by atoms with Gasteiger partial charge in [-0.1, -0.05) is 12.1 Å². The Morgan fingerprint density at radius 3 is 2.71 bits per heavy atom. The number of H-pyrrole nitrogens is 2. The zero-order chi connectivity index (χ0) is 12.3. The molecule has 0 aliphatic heterocycles. The number of aromatic nitrogens is 2. The predicted octanol–water partition coefficient (Wildman–Crippen LogP) is 1.24. The van der Waals surface area contributed by atoms with Crippen LogP contribution in [0.5, 0.6) is 0 Å². The molecule has 0 aliphatic rings. The summed E-state index contributed by atoms with van der Waals surface area (Å²) in [6, 6.07) is 8.84. The standard InChI is InChI=1S/C11H11N3O2S/c15-10-5-9(13-11(16)14-10)12-8-3-1-2-7(4-8)6-17/h1-5,17H,6H2,(H3,12,13,14,15,16). The molecule has 0 aliphatic carbocycles. The zero-order valence-corrected chi connectivity index (χ0v) is 9.75. The van der Waals surface area contributed by atoms with Crippen LogP contribution in [0.15, 0.2) is 39.9 Å². The molecular weight excluding hydrogens is 238 g/mol. The van der Waals surface area contributed by atoms with Gasteiger partial charge in [-0.2, -0.15) is 12.6 Å². The first-order chi connectivity index (χ1) is 8.17. The second-order valence-electron chi connectivity index (χ2n) is 3.48. The van der Waals surface area contributed by atoms with Gasteiger partial charge in [-0.15, -0.1) is 0 Å². The summed E-state index contributed by atoms with van der Waals surface area (Å²) in [6.45, 7) is 0. The molecule has 0 radical (unpaired) electrons. The molecule has 2 aromatic rings. The van der Waals surface area contributed by atoms with Gasteiger partial charge in [0.2, 0.25) is 0 Å². The van der Waals surface area contributed by atoms with Gasteiger partial charge in [0.15, 0.2) is 0 Å². The quantitative estimate of drug-likeness (QED) is 0.618. The normalized spacial score (nSPS) is 10.2. The predicted molar refractivity (Wildman–Crippen MR) is 70.1 cm³/mol. The Morgan fingerprint density at radius 1 is 1.18 bits per heavy atom. The van der Waals surface area contributed by atoms with Gasteiger partial charge in [-0.05, 0) is 17.7 Å². The molecule has 0 saturated carbocycles. The van der Waals surface area contributed by atoms with Gasteiger partial charge in [-0.3, -0.25) is 14.8 Å². The van der Waals surface area contributed by atoms with Crippen LogP contribution < -0.4 is 16.6 Å². The van der Waals surface area contributed by atoms with Gasteiger partial charge >= 0.3 is 5.69 Å². The van der Waals surface area contributed by atoms with E-state index in [2.05, 4.69) is 27.9 Å². The molecule has 1 heterocycles. The monoisotopic (exact) mass is 249 g/mol. The summed E-state index contributed by atoms with van der Waals surface area (Å²) >= 11 is 4.18. The van der Waals surface area contributed by atoms with Gasteiger partial charge in [0.05, 0.1) is 0 Å². The molecule has 0 bridgehead atoms. The van der Waals surface area contributed by atoms with Crippen molar-refractivity contribution in [1.82, 2.24) is 9.97 Å². The zero-order valence-electron chi connectivity index (χ0n) is 8.86. The largest absolute Gasteiger partial charge is 0.342 e. The molecule has 6 heteroatoms. The Hall–Kier alpha value is -1.95. The van der Waals surface area contributed by atoms with E-state index in [1.54, 1.807) is 0 Å². The third-order valence-corrected chi connectivity index (χ3v) is 2.51. The molecule has 0 atom stereocenters. The highest BCUT2D eigenvalue weighted by atomic mass is 32.1. The fraction of sp³-hybridized carbons (Fsp3) is 0.0909. The third-order valence-electron chi connectivity index (χ3n) is 2.15. The lowest BCUT2D eigenvalue weighted by Gasteiger charge is -2.06. The van der Waals surface area contributed by atoms with E-state index in [9.17, 15) is 9.59 Å². The van der Waals surface area contributed by atoms with Crippen molar-refractivity contribution in [3.63, 3.8) is 0 Å². The lowest BCUT2D eigenvalue weighted by Crippen LogP contribution is -2.22. The van der Waals surface area contributed by atoms with Gasteiger partial charge < -0.3 is 5.32 Å². The molecule has 1 aromatic heterocycles. The van der Waals surface area contributed by atoms with E-state index < -0.39 is 11.2 Å². The molecular formula is C11H11N3O2S. The Morgan fingerprint density at radius 2 is 2.00 bits per heavy atom. The molecule has 5 nitrogen and oxygen atoms in total. The maximum absolute atomic E-state index is 11.1. The van der Waals surface area contributed by atoms with E-state index in [1.165, 1.54) is 6.07 Å². The second-order valence-corrected chi connectivity index (χ2v) is 3.80. The summed E-state index contributed by atoms with van der Waals surface area (Å²) in [4.78, 5) is 26.8. The minimum atomic E-state index is -0.537. The van der Waals surface area contributed by atoms with Gasteiger partial charge in [-0.25, -0.2) is 4.79 Å². The number of aromatic amines is 2. The highest BCUT2D eigenvalue weighted by molar-refractivity contribution is 7.79. The van der Waals surface area contributed by atoms with Crippen molar-refractivity contribution in [3.8, 4) is 0 Å². The minimum Gasteiger partial charge on any atom is -0.342 e. The summed E-state index contributed by atoms with van der Waals surface area (Å²) in [5.74, 6) is 0.983. The van der Waals surface area contributed by atoms with Crippen LogP contribution in [-0.2, 0) is 5.75 Å².